The van der Waals surface area contributed by atoms with Crippen LogP contribution in [0, 0.1) is 11.3 Å². The van der Waals surface area contributed by atoms with E-state index in [9.17, 15) is 0 Å². The van der Waals surface area contributed by atoms with Gasteiger partial charge in [-0.3, -0.25) is 0 Å². The lowest BCUT2D eigenvalue weighted by Gasteiger charge is -2.08. The summed E-state index contributed by atoms with van der Waals surface area (Å²) in [6, 6.07) is 9.26. The van der Waals surface area contributed by atoms with Crippen molar-refractivity contribution < 1.29 is 4.74 Å². The third kappa shape index (κ3) is 3.49. The van der Waals surface area contributed by atoms with Gasteiger partial charge in [0.05, 0.1) is 12.2 Å². The number of halogens is 1. The fourth-order valence-electron chi connectivity index (χ4n) is 1.86. The molecule has 1 heterocycles. The van der Waals surface area contributed by atoms with Crippen molar-refractivity contribution in [2.75, 3.05) is 6.61 Å². The molecule has 0 amide bonds. The van der Waals surface area contributed by atoms with E-state index in [1.807, 2.05) is 12.1 Å². The number of rotatable bonds is 6. The summed E-state index contributed by atoms with van der Waals surface area (Å²) < 4.78 is 7.34. The normalized spacial score (nSPS) is 10.2. The summed E-state index contributed by atoms with van der Waals surface area (Å²) >= 11 is 5.81. The first-order valence-electron chi connectivity index (χ1n) is 6.45. The molecule has 0 unspecified atom stereocenters. The minimum Gasteiger partial charge on any atom is -0.492 e. The van der Waals surface area contributed by atoms with Crippen LogP contribution in [0.5, 0.6) is 5.75 Å². The molecule has 1 aromatic heterocycles. The van der Waals surface area contributed by atoms with Crippen molar-refractivity contribution in [3.63, 3.8) is 0 Å². The molecule has 0 radical (unpaired) electrons. The molecule has 2 aromatic rings. The zero-order valence-electron chi connectivity index (χ0n) is 11.2. The van der Waals surface area contributed by atoms with Gasteiger partial charge in [-0.1, -0.05) is 30.2 Å². The average molecular weight is 291 g/mol. The van der Waals surface area contributed by atoms with Crippen molar-refractivity contribution in [3.8, 4) is 11.8 Å². The van der Waals surface area contributed by atoms with Gasteiger partial charge in [-0.2, -0.15) is 5.26 Å². The van der Waals surface area contributed by atoms with Crippen LogP contribution in [0.4, 0.5) is 0 Å². The number of aromatic nitrogens is 3. The van der Waals surface area contributed by atoms with Crippen LogP contribution in [0.25, 0.3) is 0 Å². The van der Waals surface area contributed by atoms with E-state index in [1.165, 1.54) is 0 Å². The SMILES string of the molecule is CCCc1c(C#N)nnn1CCOc1ccc(Cl)cc1. The summed E-state index contributed by atoms with van der Waals surface area (Å²) in [6.45, 7) is 3.09. The quantitative estimate of drug-likeness (QED) is 0.820. The second-order valence-electron chi connectivity index (χ2n) is 4.27. The molecule has 0 saturated carbocycles. The minimum absolute atomic E-state index is 0.401. The van der Waals surface area contributed by atoms with Gasteiger partial charge in [-0.25, -0.2) is 4.68 Å². The largest absolute Gasteiger partial charge is 0.492 e. The van der Waals surface area contributed by atoms with E-state index in [0.29, 0.717) is 23.9 Å². The van der Waals surface area contributed by atoms with Crippen molar-refractivity contribution in [1.29, 1.82) is 5.26 Å². The molecule has 0 aliphatic carbocycles. The van der Waals surface area contributed by atoms with Crippen molar-refractivity contribution in [3.05, 3.63) is 40.7 Å². The third-order valence-electron chi connectivity index (χ3n) is 2.82. The lowest BCUT2D eigenvalue weighted by Crippen LogP contribution is -2.12. The van der Waals surface area contributed by atoms with E-state index in [-0.39, 0.29) is 0 Å². The number of benzene rings is 1. The first kappa shape index (κ1) is 14.4. The van der Waals surface area contributed by atoms with Gasteiger partial charge < -0.3 is 4.74 Å². The van der Waals surface area contributed by atoms with Crippen LogP contribution in [-0.2, 0) is 13.0 Å². The highest BCUT2D eigenvalue weighted by molar-refractivity contribution is 6.30. The Kier molecular flexibility index (Phi) is 4.97. The number of hydrogen-bond donors (Lipinski definition) is 0. The summed E-state index contributed by atoms with van der Waals surface area (Å²) in [5.74, 6) is 0.757. The molecular formula is C14H15ClN4O. The van der Waals surface area contributed by atoms with Gasteiger partial charge in [0.2, 0.25) is 0 Å². The number of ether oxygens (including phenoxy) is 1. The average Bonchev–Trinajstić information content (AvgIpc) is 2.84. The van der Waals surface area contributed by atoms with Crippen LogP contribution < -0.4 is 4.74 Å². The molecule has 0 atom stereocenters. The predicted octanol–water partition coefficient (Wildman–Crippen LogP) is 2.83. The molecule has 0 saturated heterocycles. The van der Waals surface area contributed by atoms with E-state index in [4.69, 9.17) is 21.6 Å². The Labute approximate surface area is 122 Å². The Morgan fingerprint density at radius 1 is 1.35 bits per heavy atom. The highest BCUT2D eigenvalue weighted by Gasteiger charge is 2.11. The number of nitriles is 1. The first-order valence-corrected chi connectivity index (χ1v) is 6.83. The summed E-state index contributed by atoms with van der Waals surface area (Å²) in [4.78, 5) is 0. The van der Waals surface area contributed by atoms with Gasteiger partial charge in [-0.15, -0.1) is 5.10 Å². The molecule has 20 heavy (non-hydrogen) atoms. The van der Waals surface area contributed by atoms with Crippen molar-refractivity contribution in [1.82, 2.24) is 15.0 Å². The van der Waals surface area contributed by atoms with E-state index in [0.717, 1.165) is 24.3 Å². The third-order valence-corrected chi connectivity index (χ3v) is 3.07. The molecule has 5 nitrogen and oxygen atoms in total. The standard InChI is InChI=1S/C14H15ClN4O/c1-2-3-14-13(10-16)17-18-19(14)8-9-20-12-6-4-11(15)5-7-12/h4-7H,2-3,8-9H2,1H3. The van der Waals surface area contributed by atoms with Crippen LogP contribution in [-0.4, -0.2) is 21.6 Å². The van der Waals surface area contributed by atoms with E-state index in [2.05, 4.69) is 23.3 Å². The Hall–Kier alpha value is -2.06. The second kappa shape index (κ2) is 6.92. The molecule has 0 spiro atoms. The summed E-state index contributed by atoms with van der Waals surface area (Å²) in [6.07, 6.45) is 1.73. The van der Waals surface area contributed by atoms with Crippen molar-refractivity contribution in [2.24, 2.45) is 0 Å². The zero-order valence-corrected chi connectivity index (χ0v) is 12.0. The number of nitrogens with zero attached hydrogens (tertiary/aromatic N) is 4. The Bertz CT molecular complexity index is 601. The van der Waals surface area contributed by atoms with Crippen LogP contribution in [0.2, 0.25) is 5.02 Å². The molecule has 0 N–H and O–H groups in total. The molecule has 104 valence electrons. The Balaban J connectivity index is 1.95. The molecule has 0 aliphatic heterocycles. The van der Waals surface area contributed by atoms with Crippen LogP contribution in [0.15, 0.2) is 24.3 Å². The van der Waals surface area contributed by atoms with Crippen LogP contribution >= 0.6 is 11.6 Å². The topological polar surface area (TPSA) is 63.7 Å². The maximum atomic E-state index is 8.98. The van der Waals surface area contributed by atoms with Gasteiger partial charge in [0.25, 0.3) is 0 Å². The van der Waals surface area contributed by atoms with E-state index < -0.39 is 0 Å². The summed E-state index contributed by atoms with van der Waals surface area (Å²) in [7, 11) is 0. The zero-order chi connectivity index (χ0) is 14.4. The van der Waals surface area contributed by atoms with Gasteiger partial charge in [-0.05, 0) is 30.7 Å². The Morgan fingerprint density at radius 2 is 2.10 bits per heavy atom. The first-order chi connectivity index (χ1) is 9.74. The fraction of sp³-hybridized carbons (Fsp3) is 0.357. The van der Waals surface area contributed by atoms with Gasteiger partial charge in [0.1, 0.15) is 18.4 Å². The monoisotopic (exact) mass is 290 g/mol. The lowest BCUT2D eigenvalue weighted by atomic mass is 10.2. The number of hydrogen-bond acceptors (Lipinski definition) is 4. The van der Waals surface area contributed by atoms with Crippen molar-refractivity contribution >= 4 is 11.6 Å². The van der Waals surface area contributed by atoms with E-state index >= 15 is 0 Å². The smallest absolute Gasteiger partial charge is 0.185 e. The molecule has 0 bridgehead atoms. The molecule has 1 aromatic carbocycles. The van der Waals surface area contributed by atoms with Gasteiger partial charge in [0.15, 0.2) is 5.69 Å². The van der Waals surface area contributed by atoms with Crippen molar-refractivity contribution in [2.45, 2.75) is 26.3 Å². The maximum Gasteiger partial charge on any atom is 0.185 e. The summed E-state index contributed by atoms with van der Waals surface area (Å²) in [5, 5.41) is 17.5. The van der Waals surface area contributed by atoms with Crippen LogP contribution in [0.3, 0.4) is 0 Å². The van der Waals surface area contributed by atoms with Gasteiger partial charge >= 0.3 is 0 Å². The molecule has 0 fully saturated rings. The lowest BCUT2D eigenvalue weighted by molar-refractivity contribution is 0.287. The maximum absolute atomic E-state index is 8.98. The highest BCUT2D eigenvalue weighted by Crippen LogP contribution is 2.15. The van der Waals surface area contributed by atoms with Crippen LogP contribution in [0.1, 0.15) is 24.7 Å². The minimum atomic E-state index is 0.401. The molecular weight excluding hydrogens is 276 g/mol. The Morgan fingerprint density at radius 3 is 2.75 bits per heavy atom. The predicted molar refractivity (Wildman–Crippen MR) is 75.7 cm³/mol. The second-order valence-corrected chi connectivity index (χ2v) is 4.71. The van der Waals surface area contributed by atoms with Gasteiger partial charge in [0, 0.05) is 5.02 Å². The molecule has 6 heteroatoms. The van der Waals surface area contributed by atoms with E-state index in [1.54, 1.807) is 16.8 Å². The molecule has 0 aliphatic rings. The highest BCUT2D eigenvalue weighted by atomic mass is 35.5. The summed E-state index contributed by atoms with van der Waals surface area (Å²) in [5.41, 5.74) is 1.27. The fourth-order valence-corrected chi connectivity index (χ4v) is 1.99. The molecule has 2 rings (SSSR count).